The molecule has 10 nitrogen and oxygen atoms in total. The summed E-state index contributed by atoms with van der Waals surface area (Å²) in [4.78, 5) is 16.6. The van der Waals surface area contributed by atoms with Gasteiger partial charge in [-0.1, -0.05) is 0 Å². The van der Waals surface area contributed by atoms with E-state index < -0.39 is 21.8 Å². The third-order valence-electron chi connectivity index (χ3n) is 4.02. The molecule has 1 amide bonds. The van der Waals surface area contributed by atoms with Crippen molar-refractivity contribution < 1.29 is 27.8 Å². The highest BCUT2D eigenvalue weighted by molar-refractivity contribution is 7.90. The highest BCUT2D eigenvalue weighted by Gasteiger charge is 2.15. The van der Waals surface area contributed by atoms with Crippen LogP contribution in [0.25, 0.3) is 0 Å². The fourth-order valence-electron chi connectivity index (χ4n) is 2.55. The number of aryl methyl sites for hydroxylation is 1. The molecule has 0 saturated heterocycles. The number of sulfone groups is 1. The molecule has 2 N–H and O–H groups in total. The number of ether oxygens (including phenoxy) is 2. The topological polar surface area (TPSA) is 133 Å². The van der Waals surface area contributed by atoms with E-state index in [1.54, 1.807) is 37.0 Å². The molecule has 0 bridgehead atoms. The number of pyridine rings is 1. The maximum Gasteiger partial charge on any atom is 0.257 e. The van der Waals surface area contributed by atoms with Crippen LogP contribution in [0.2, 0.25) is 0 Å². The van der Waals surface area contributed by atoms with Crippen LogP contribution >= 0.6 is 0 Å². The minimum Gasteiger partial charge on any atom is -0.488 e. The smallest absolute Gasteiger partial charge is 0.257 e. The van der Waals surface area contributed by atoms with Crippen LogP contribution in [0.1, 0.15) is 17.3 Å². The lowest BCUT2D eigenvalue weighted by Crippen LogP contribution is -2.17. The van der Waals surface area contributed by atoms with E-state index in [1.165, 1.54) is 30.5 Å². The molecule has 1 aromatic carbocycles. The SMILES string of the molecule is C[C@@H](CO)Oc1cc(Oc2ccc(S(C)(=O)=O)nc2)cc(C(=O)Nc2ccn(C)n2)c1. The highest BCUT2D eigenvalue weighted by atomic mass is 32.2. The summed E-state index contributed by atoms with van der Waals surface area (Å²) in [6.45, 7) is 1.46. The van der Waals surface area contributed by atoms with Gasteiger partial charge in [0.1, 0.15) is 23.4 Å². The van der Waals surface area contributed by atoms with Gasteiger partial charge in [-0.2, -0.15) is 5.10 Å². The van der Waals surface area contributed by atoms with Gasteiger partial charge in [0.2, 0.25) is 0 Å². The first kappa shape index (κ1) is 22.2. The van der Waals surface area contributed by atoms with Gasteiger partial charge >= 0.3 is 0 Å². The molecule has 1 atom stereocenters. The monoisotopic (exact) mass is 446 g/mol. The van der Waals surface area contributed by atoms with Crippen LogP contribution in [0.4, 0.5) is 5.82 Å². The summed E-state index contributed by atoms with van der Waals surface area (Å²) in [7, 11) is -1.70. The number of aliphatic hydroxyl groups is 1. The number of benzene rings is 1. The summed E-state index contributed by atoms with van der Waals surface area (Å²) >= 11 is 0. The molecule has 0 aliphatic rings. The van der Waals surface area contributed by atoms with Crippen LogP contribution in [0.5, 0.6) is 17.2 Å². The summed E-state index contributed by atoms with van der Waals surface area (Å²) < 4.78 is 36.0. The largest absolute Gasteiger partial charge is 0.488 e. The first-order valence-corrected chi connectivity index (χ1v) is 11.1. The zero-order valence-corrected chi connectivity index (χ0v) is 18.0. The number of amides is 1. The second-order valence-corrected chi connectivity index (χ2v) is 8.80. The van der Waals surface area contributed by atoms with E-state index in [9.17, 15) is 18.3 Å². The van der Waals surface area contributed by atoms with Crippen molar-refractivity contribution >= 4 is 21.6 Å². The Hall–Kier alpha value is -3.44. The number of hydrogen-bond donors (Lipinski definition) is 2. The van der Waals surface area contributed by atoms with Gasteiger partial charge in [-0.3, -0.25) is 9.48 Å². The number of carbonyl (C=O) groups is 1. The minimum atomic E-state index is -3.43. The van der Waals surface area contributed by atoms with E-state index >= 15 is 0 Å². The lowest BCUT2D eigenvalue weighted by atomic mass is 10.2. The Kier molecular flexibility index (Phi) is 6.56. The molecular formula is C20H22N4O6S. The Morgan fingerprint density at radius 3 is 2.52 bits per heavy atom. The van der Waals surface area contributed by atoms with Crippen LogP contribution in [-0.4, -0.2) is 53.2 Å². The summed E-state index contributed by atoms with van der Waals surface area (Å²) in [5.74, 6) is 0.797. The second-order valence-electron chi connectivity index (χ2n) is 6.84. The van der Waals surface area contributed by atoms with Gasteiger partial charge in [-0.05, 0) is 31.2 Å². The zero-order valence-electron chi connectivity index (χ0n) is 17.1. The number of aliphatic hydroxyl groups excluding tert-OH is 1. The normalized spacial score (nSPS) is 12.3. The maximum absolute atomic E-state index is 12.7. The quantitative estimate of drug-likeness (QED) is 0.537. The summed E-state index contributed by atoms with van der Waals surface area (Å²) in [5, 5.41) is 16.0. The molecule has 0 saturated carbocycles. The van der Waals surface area contributed by atoms with Crippen molar-refractivity contribution in [3.63, 3.8) is 0 Å². The number of hydrogen-bond acceptors (Lipinski definition) is 8. The fraction of sp³-hybridized carbons (Fsp3) is 0.250. The molecule has 0 spiro atoms. The Bertz CT molecular complexity index is 1170. The van der Waals surface area contributed by atoms with Crippen molar-refractivity contribution in [2.45, 2.75) is 18.1 Å². The molecule has 2 heterocycles. The highest BCUT2D eigenvalue weighted by Crippen LogP contribution is 2.28. The van der Waals surface area contributed by atoms with Gasteiger partial charge in [0.25, 0.3) is 5.91 Å². The number of anilines is 1. The molecule has 3 rings (SSSR count). The molecule has 2 aromatic heterocycles. The summed E-state index contributed by atoms with van der Waals surface area (Å²) in [6.07, 6.45) is 3.52. The van der Waals surface area contributed by atoms with Gasteiger partial charge in [-0.15, -0.1) is 0 Å². The Balaban J connectivity index is 1.88. The van der Waals surface area contributed by atoms with Gasteiger partial charge in [0.05, 0.1) is 12.8 Å². The van der Waals surface area contributed by atoms with Gasteiger partial charge in [-0.25, -0.2) is 13.4 Å². The number of nitrogens with zero attached hydrogens (tertiary/aromatic N) is 3. The van der Waals surface area contributed by atoms with E-state index in [-0.39, 0.29) is 28.7 Å². The van der Waals surface area contributed by atoms with Crippen LogP contribution in [0.15, 0.2) is 53.8 Å². The Morgan fingerprint density at radius 2 is 1.94 bits per heavy atom. The summed E-state index contributed by atoms with van der Waals surface area (Å²) in [6, 6.07) is 9.00. The predicted molar refractivity (Wildman–Crippen MR) is 112 cm³/mol. The van der Waals surface area contributed by atoms with Crippen molar-refractivity contribution in [1.29, 1.82) is 0 Å². The number of rotatable bonds is 8. The molecule has 164 valence electrons. The molecule has 31 heavy (non-hydrogen) atoms. The van der Waals surface area contributed by atoms with Crippen LogP contribution < -0.4 is 14.8 Å². The van der Waals surface area contributed by atoms with Gasteiger partial charge in [0, 0.05) is 37.2 Å². The average molecular weight is 446 g/mol. The van der Waals surface area contributed by atoms with Crippen molar-refractivity contribution in [3.05, 3.63) is 54.4 Å². The van der Waals surface area contributed by atoms with Crippen molar-refractivity contribution in [3.8, 4) is 17.2 Å². The van der Waals surface area contributed by atoms with Crippen molar-refractivity contribution in [2.75, 3.05) is 18.2 Å². The van der Waals surface area contributed by atoms with Gasteiger partial charge in [0.15, 0.2) is 20.7 Å². The molecule has 0 aliphatic heterocycles. The summed E-state index contributed by atoms with van der Waals surface area (Å²) in [5.41, 5.74) is 0.240. The first-order valence-electron chi connectivity index (χ1n) is 9.21. The lowest BCUT2D eigenvalue weighted by Gasteiger charge is -2.15. The van der Waals surface area contributed by atoms with E-state index in [2.05, 4.69) is 15.4 Å². The molecule has 11 heteroatoms. The minimum absolute atomic E-state index is 0.0795. The predicted octanol–water partition coefficient (Wildman–Crippen LogP) is 2.02. The van der Waals surface area contributed by atoms with E-state index in [4.69, 9.17) is 9.47 Å². The lowest BCUT2D eigenvalue weighted by molar-refractivity contribution is 0.102. The van der Waals surface area contributed by atoms with Crippen LogP contribution in [0, 0.1) is 0 Å². The number of nitrogens with one attached hydrogen (secondary N) is 1. The van der Waals surface area contributed by atoms with E-state index in [1.807, 2.05) is 0 Å². The Labute approximate surface area is 179 Å². The van der Waals surface area contributed by atoms with Crippen molar-refractivity contribution in [2.24, 2.45) is 7.05 Å². The van der Waals surface area contributed by atoms with Crippen LogP contribution in [0.3, 0.4) is 0 Å². The van der Waals surface area contributed by atoms with Gasteiger partial charge < -0.3 is 19.9 Å². The van der Waals surface area contributed by atoms with Crippen LogP contribution in [-0.2, 0) is 16.9 Å². The fourth-order valence-corrected chi connectivity index (χ4v) is 3.11. The maximum atomic E-state index is 12.7. The third kappa shape index (κ3) is 6.03. The second kappa shape index (κ2) is 9.14. The standard InChI is InChI=1S/C20H22N4O6S/c1-13(12-25)29-16-8-14(20(26)22-18-6-7-24(2)23-18)9-17(10-16)30-15-4-5-19(21-11-15)31(3,27)28/h4-11,13,25H,12H2,1-3H3,(H,22,23,26)/t13-/m0/s1. The molecule has 0 unspecified atom stereocenters. The molecule has 0 fully saturated rings. The molecule has 0 aliphatic carbocycles. The average Bonchev–Trinajstić information content (AvgIpc) is 3.12. The molecular weight excluding hydrogens is 424 g/mol. The van der Waals surface area contributed by atoms with E-state index in [0.29, 0.717) is 11.6 Å². The van der Waals surface area contributed by atoms with Crippen molar-refractivity contribution in [1.82, 2.24) is 14.8 Å². The molecule has 3 aromatic rings. The molecule has 0 radical (unpaired) electrons. The first-order chi connectivity index (χ1) is 14.6. The Morgan fingerprint density at radius 1 is 1.19 bits per heavy atom. The number of aromatic nitrogens is 3. The number of carbonyl (C=O) groups excluding carboxylic acids is 1. The zero-order chi connectivity index (χ0) is 22.6. The van der Waals surface area contributed by atoms with E-state index in [0.717, 1.165) is 6.26 Å². The third-order valence-corrected chi connectivity index (χ3v) is 5.02.